The van der Waals surface area contributed by atoms with Gasteiger partial charge in [0.05, 0.1) is 13.7 Å². The topological polar surface area (TPSA) is 30.5 Å². The maximum atomic E-state index is 5.78. The summed E-state index contributed by atoms with van der Waals surface area (Å²) < 4.78 is 11.3. The van der Waals surface area contributed by atoms with E-state index in [1.165, 1.54) is 44.1 Å². The van der Waals surface area contributed by atoms with E-state index in [-0.39, 0.29) is 0 Å². The van der Waals surface area contributed by atoms with Gasteiger partial charge >= 0.3 is 0 Å². The molecule has 1 N–H and O–H groups in total. The molecule has 4 fully saturated rings. The highest BCUT2D eigenvalue weighted by Crippen LogP contribution is 2.61. The summed E-state index contributed by atoms with van der Waals surface area (Å²) in [5.41, 5.74) is 1.84. The number of benzene rings is 1. The first-order valence-electron chi connectivity index (χ1n) is 10.6. The second-order valence-electron chi connectivity index (χ2n) is 9.22. The van der Waals surface area contributed by atoms with E-state index in [4.69, 9.17) is 9.47 Å². The molecule has 0 aliphatic heterocycles. The lowest BCUT2D eigenvalue weighted by Gasteiger charge is -2.59. The number of methoxy groups -OCH3 is 1. The molecule has 26 heavy (non-hydrogen) atoms. The highest BCUT2D eigenvalue weighted by Gasteiger charge is 2.52. The van der Waals surface area contributed by atoms with Crippen molar-refractivity contribution >= 4 is 0 Å². The number of rotatable bonds is 8. The van der Waals surface area contributed by atoms with Gasteiger partial charge in [0, 0.05) is 12.6 Å². The van der Waals surface area contributed by atoms with Crippen molar-refractivity contribution in [1.29, 1.82) is 0 Å². The number of nitrogens with one attached hydrogen (secondary N) is 1. The van der Waals surface area contributed by atoms with Gasteiger partial charge in [-0.3, -0.25) is 0 Å². The first kappa shape index (κ1) is 18.2. The summed E-state index contributed by atoms with van der Waals surface area (Å²) >= 11 is 0. The van der Waals surface area contributed by atoms with E-state index in [9.17, 15) is 0 Å². The van der Waals surface area contributed by atoms with Crippen molar-refractivity contribution < 1.29 is 9.47 Å². The molecule has 3 nitrogen and oxygen atoms in total. The highest BCUT2D eigenvalue weighted by molar-refractivity contribution is 5.43. The van der Waals surface area contributed by atoms with Gasteiger partial charge in [-0.2, -0.15) is 0 Å². The van der Waals surface area contributed by atoms with Crippen LogP contribution in [0.1, 0.15) is 64.4 Å². The predicted octanol–water partition coefficient (Wildman–Crippen LogP) is 5.18. The molecule has 0 saturated heterocycles. The molecular weight excluding hydrogens is 322 g/mol. The lowest BCUT2D eigenvalue weighted by atomic mass is 9.48. The number of hydrogen-bond acceptors (Lipinski definition) is 3. The minimum Gasteiger partial charge on any atom is -0.493 e. The molecule has 1 unspecified atom stereocenters. The Kier molecular flexibility index (Phi) is 5.18. The number of hydrogen-bond donors (Lipinski definition) is 1. The van der Waals surface area contributed by atoms with Crippen molar-refractivity contribution in [2.75, 3.05) is 13.7 Å². The zero-order valence-corrected chi connectivity index (χ0v) is 16.7. The summed E-state index contributed by atoms with van der Waals surface area (Å²) in [4.78, 5) is 0. The van der Waals surface area contributed by atoms with E-state index >= 15 is 0 Å². The molecule has 144 valence electrons. The van der Waals surface area contributed by atoms with Crippen molar-refractivity contribution in [3.05, 3.63) is 23.8 Å². The molecule has 1 aromatic rings. The molecule has 0 radical (unpaired) electrons. The van der Waals surface area contributed by atoms with Crippen molar-refractivity contribution in [2.45, 2.75) is 71.4 Å². The van der Waals surface area contributed by atoms with Crippen molar-refractivity contribution in [3.63, 3.8) is 0 Å². The van der Waals surface area contributed by atoms with Crippen molar-refractivity contribution in [3.8, 4) is 11.5 Å². The summed E-state index contributed by atoms with van der Waals surface area (Å²) in [6.07, 6.45) is 9.93. The molecule has 4 saturated carbocycles. The maximum absolute atomic E-state index is 5.78. The van der Waals surface area contributed by atoms with E-state index in [1.54, 1.807) is 7.11 Å². The Morgan fingerprint density at radius 2 is 1.73 bits per heavy atom. The second kappa shape index (κ2) is 7.42. The third-order valence-corrected chi connectivity index (χ3v) is 7.31. The Labute approximate surface area is 158 Å². The van der Waals surface area contributed by atoms with E-state index < -0.39 is 0 Å². The smallest absolute Gasteiger partial charge is 0.161 e. The van der Waals surface area contributed by atoms with E-state index in [2.05, 4.69) is 37.4 Å². The molecule has 4 bridgehead atoms. The molecule has 4 aliphatic carbocycles. The summed E-state index contributed by atoms with van der Waals surface area (Å²) in [5.74, 6) is 4.74. The summed E-state index contributed by atoms with van der Waals surface area (Å²) in [6, 6.07) is 6.95. The molecule has 5 rings (SSSR count). The van der Waals surface area contributed by atoms with Gasteiger partial charge in [-0.05, 0) is 92.7 Å². The minimum atomic E-state index is 0.559. The van der Waals surface area contributed by atoms with Crippen LogP contribution in [-0.4, -0.2) is 19.8 Å². The Hall–Kier alpha value is -1.22. The monoisotopic (exact) mass is 357 g/mol. The van der Waals surface area contributed by atoms with Crippen molar-refractivity contribution in [1.82, 2.24) is 5.32 Å². The van der Waals surface area contributed by atoms with Gasteiger partial charge in [-0.1, -0.05) is 13.0 Å². The molecular formula is C23H35NO2. The Bertz CT molecular complexity index is 591. The van der Waals surface area contributed by atoms with Gasteiger partial charge in [0.2, 0.25) is 0 Å². The Morgan fingerprint density at radius 1 is 1.08 bits per heavy atom. The predicted molar refractivity (Wildman–Crippen MR) is 106 cm³/mol. The van der Waals surface area contributed by atoms with Gasteiger partial charge in [-0.25, -0.2) is 0 Å². The molecule has 4 aliphatic rings. The van der Waals surface area contributed by atoms with Crippen LogP contribution < -0.4 is 14.8 Å². The molecule has 1 atom stereocenters. The first-order chi connectivity index (χ1) is 12.6. The summed E-state index contributed by atoms with van der Waals surface area (Å²) in [7, 11) is 1.73. The van der Waals surface area contributed by atoms with E-state index in [1.807, 2.05) is 0 Å². The lowest BCUT2D eigenvalue weighted by molar-refractivity contribution is -0.0706. The Balaban J connectivity index is 1.39. The second-order valence-corrected chi connectivity index (χ2v) is 9.22. The third kappa shape index (κ3) is 3.47. The summed E-state index contributed by atoms with van der Waals surface area (Å²) in [6.45, 7) is 6.20. The fourth-order valence-corrected chi connectivity index (χ4v) is 6.35. The average Bonchev–Trinajstić information content (AvgIpc) is 2.63. The molecule has 0 aromatic heterocycles. The van der Waals surface area contributed by atoms with Gasteiger partial charge in [-0.15, -0.1) is 0 Å². The molecule has 3 heteroatoms. The minimum absolute atomic E-state index is 0.559. The normalized spacial score (nSPS) is 33.3. The molecule has 0 spiro atoms. The van der Waals surface area contributed by atoms with Crippen LogP contribution in [0.4, 0.5) is 0 Å². The average molecular weight is 358 g/mol. The van der Waals surface area contributed by atoms with Gasteiger partial charge in [0.1, 0.15) is 0 Å². The third-order valence-electron chi connectivity index (χ3n) is 7.31. The lowest BCUT2D eigenvalue weighted by Crippen LogP contribution is -2.54. The van der Waals surface area contributed by atoms with Gasteiger partial charge < -0.3 is 14.8 Å². The molecule has 0 heterocycles. The zero-order chi connectivity index (χ0) is 18.1. The molecule has 1 aromatic carbocycles. The van der Waals surface area contributed by atoms with Crippen LogP contribution >= 0.6 is 0 Å². The maximum Gasteiger partial charge on any atom is 0.161 e. The fourth-order valence-electron chi connectivity index (χ4n) is 6.35. The van der Waals surface area contributed by atoms with Gasteiger partial charge in [0.15, 0.2) is 11.5 Å². The van der Waals surface area contributed by atoms with Crippen LogP contribution in [0.2, 0.25) is 0 Å². The van der Waals surface area contributed by atoms with Crippen LogP contribution in [0.3, 0.4) is 0 Å². The number of ether oxygens (including phenoxy) is 2. The SMILES string of the molecule is CCCOc1ccc(CNC(C)C23CC4CC(CC(C4)C2)C3)cc1OC. The summed E-state index contributed by atoms with van der Waals surface area (Å²) in [5, 5.41) is 3.87. The van der Waals surface area contributed by atoms with E-state index in [0.29, 0.717) is 11.5 Å². The van der Waals surface area contributed by atoms with Gasteiger partial charge in [0.25, 0.3) is 0 Å². The largest absolute Gasteiger partial charge is 0.493 e. The quantitative estimate of drug-likeness (QED) is 0.695. The molecule has 0 amide bonds. The van der Waals surface area contributed by atoms with Crippen LogP contribution in [-0.2, 0) is 6.54 Å². The highest BCUT2D eigenvalue weighted by atomic mass is 16.5. The standard InChI is InChI=1S/C23H35NO2/c1-4-7-26-21-6-5-17(11-22(21)25-3)15-24-16(2)23-12-18-8-19(13-23)10-20(9-18)14-23/h5-6,11,16,18-20,24H,4,7-10,12-15H2,1-3H3. The van der Waals surface area contributed by atoms with Crippen LogP contribution in [0, 0.1) is 23.2 Å². The Morgan fingerprint density at radius 3 is 2.31 bits per heavy atom. The van der Waals surface area contributed by atoms with E-state index in [0.717, 1.165) is 48.8 Å². The zero-order valence-electron chi connectivity index (χ0n) is 16.7. The fraction of sp³-hybridized carbons (Fsp3) is 0.739. The van der Waals surface area contributed by atoms with Crippen LogP contribution in [0.25, 0.3) is 0 Å². The van der Waals surface area contributed by atoms with Crippen molar-refractivity contribution in [2.24, 2.45) is 23.2 Å². The van der Waals surface area contributed by atoms with Crippen LogP contribution in [0.15, 0.2) is 18.2 Å². The first-order valence-corrected chi connectivity index (χ1v) is 10.6. The van der Waals surface area contributed by atoms with Crippen LogP contribution in [0.5, 0.6) is 11.5 Å².